The lowest BCUT2D eigenvalue weighted by Gasteiger charge is -2.21. The lowest BCUT2D eigenvalue weighted by molar-refractivity contribution is 0.0631. The Bertz CT molecular complexity index is 166. The topological polar surface area (TPSA) is 21.3 Å². The van der Waals surface area contributed by atoms with Crippen LogP contribution in [0.3, 0.4) is 0 Å². The van der Waals surface area contributed by atoms with E-state index in [1.165, 1.54) is 57.9 Å². The summed E-state index contributed by atoms with van der Waals surface area (Å²) in [7, 11) is 0. The first kappa shape index (κ1) is 15.0. The molecule has 1 aliphatic heterocycles. The fourth-order valence-corrected chi connectivity index (χ4v) is 2.55. The summed E-state index contributed by atoms with van der Waals surface area (Å²) in [6.07, 6.45) is 10.7. The van der Waals surface area contributed by atoms with Crippen LogP contribution < -0.4 is 5.32 Å². The summed E-state index contributed by atoms with van der Waals surface area (Å²) >= 11 is 0. The van der Waals surface area contributed by atoms with Gasteiger partial charge in [-0.05, 0) is 45.1 Å². The van der Waals surface area contributed by atoms with Gasteiger partial charge in [0.2, 0.25) is 0 Å². The summed E-state index contributed by atoms with van der Waals surface area (Å²) in [6.45, 7) is 7.77. The number of rotatable bonds is 9. The lowest BCUT2D eigenvalue weighted by atomic mass is 9.94. The molecule has 0 aromatic heterocycles. The highest BCUT2D eigenvalue weighted by Gasteiger charge is 2.12. The molecular weight excluding hydrogens is 210 g/mol. The first-order valence-corrected chi connectivity index (χ1v) is 7.64. The van der Waals surface area contributed by atoms with E-state index in [1.807, 2.05) is 0 Å². The van der Waals surface area contributed by atoms with Gasteiger partial charge in [0.1, 0.15) is 0 Å². The minimum Gasteiger partial charge on any atom is -0.381 e. The molecule has 1 aliphatic rings. The summed E-state index contributed by atoms with van der Waals surface area (Å²) in [5.41, 5.74) is 0. The van der Waals surface area contributed by atoms with Gasteiger partial charge in [-0.15, -0.1) is 0 Å². The normalized spacial score (nSPS) is 19.4. The molecule has 1 atom stereocenters. The van der Waals surface area contributed by atoms with E-state index in [1.54, 1.807) is 0 Å². The average Bonchev–Trinajstić information content (AvgIpc) is 2.37. The summed E-state index contributed by atoms with van der Waals surface area (Å²) in [5, 5.41) is 3.63. The van der Waals surface area contributed by atoms with Gasteiger partial charge in [0.05, 0.1) is 0 Å². The van der Waals surface area contributed by atoms with E-state index >= 15 is 0 Å². The maximum Gasteiger partial charge on any atom is 0.0468 e. The van der Waals surface area contributed by atoms with Gasteiger partial charge < -0.3 is 10.1 Å². The molecule has 17 heavy (non-hydrogen) atoms. The van der Waals surface area contributed by atoms with Crippen molar-refractivity contribution in [1.29, 1.82) is 0 Å². The molecule has 1 unspecified atom stereocenters. The first-order chi connectivity index (χ1) is 8.33. The van der Waals surface area contributed by atoms with Gasteiger partial charge in [-0.2, -0.15) is 0 Å². The summed E-state index contributed by atoms with van der Waals surface area (Å²) in [5.74, 6) is 0.946. The highest BCUT2D eigenvalue weighted by molar-refractivity contribution is 4.65. The second kappa shape index (κ2) is 9.90. The molecular formula is C15H31NO. The van der Waals surface area contributed by atoms with Crippen LogP contribution in [-0.4, -0.2) is 25.8 Å². The summed E-state index contributed by atoms with van der Waals surface area (Å²) in [4.78, 5) is 0. The Hall–Kier alpha value is -0.0800. The van der Waals surface area contributed by atoms with Crippen molar-refractivity contribution in [2.24, 2.45) is 5.92 Å². The molecule has 2 heteroatoms. The zero-order valence-electron chi connectivity index (χ0n) is 11.8. The smallest absolute Gasteiger partial charge is 0.0468 e. The molecule has 0 aromatic carbocycles. The van der Waals surface area contributed by atoms with Crippen LogP contribution in [0.15, 0.2) is 0 Å². The van der Waals surface area contributed by atoms with E-state index in [0.717, 1.165) is 19.1 Å². The van der Waals surface area contributed by atoms with Gasteiger partial charge in [0.25, 0.3) is 0 Å². The number of hydrogen-bond donors (Lipinski definition) is 1. The van der Waals surface area contributed by atoms with E-state index in [0.29, 0.717) is 6.04 Å². The number of ether oxygens (including phenoxy) is 1. The Morgan fingerprint density at radius 3 is 2.65 bits per heavy atom. The van der Waals surface area contributed by atoms with E-state index in [4.69, 9.17) is 4.74 Å². The fourth-order valence-electron chi connectivity index (χ4n) is 2.55. The molecule has 2 nitrogen and oxygen atoms in total. The van der Waals surface area contributed by atoms with Crippen molar-refractivity contribution in [3.63, 3.8) is 0 Å². The monoisotopic (exact) mass is 241 g/mol. The Kier molecular flexibility index (Phi) is 8.72. The van der Waals surface area contributed by atoms with Crippen LogP contribution in [0.5, 0.6) is 0 Å². The van der Waals surface area contributed by atoms with Gasteiger partial charge in [-0.1, -0.05) is 32.6 Å². The number of hydrogen-bond acceptors (Lipinski definition) is 2. The van der Waals surface area contributed by atoms with Gasteiger partial charge in [0, 0.05) is 19.3 Å². The standard InChI is InChI=1S/C15H31NO/c1-3-4-7-14(2)16-11-6-5-8-15-9-12-17-13-10-15/h14-16H,3-13H2,1-2H3. The average molecular weight is 241 g/mol. The SMILES string of the molecule is CCCCC(C)NCCCCC1CCOCC1. The Morgan fingerprint density at radius 1 is 1.18 bits per heavy atom. The van der Waals surface area contributed by atoms with Crippen LogP contribution in [-0.2, 0) is 4.74 Å². The Balaban J connectivity index is 1.86. The molecule has 1 saturated heterocycles. The quantitative estimate of drug-likeness (QED) is 0.621. The number of nitrogens with one attached hydrogen (secondary N) is 1. The molecule has 0 aromatic rings. The van der Waals surface area contributed by atoms with Crippen molar-refractivity contribution in [3.8, 4) is 0 Å². The van der Waals surface area contributed by atoms with E-state index < -0.39 is 0 Å². The van der Waals surface area contributed by atoms with E-state index in [-0.39, 0.29) is 0 Å². The molecule has 1 rings (SSSR count). The van der Waals surface area contributed by atoms with Crippen molar-refractivity contribution in [2.75, 3.05) is 19.8 Å². The highest BCUT2D eigenvalue weighted by atomic mass is 16.5. The molecule has 0 bridgehead atoms. The van der Waals surface area contributed by atoms with Crippen molar-refractivity contribution < 1.29 is 4.74 Å². The van der Waals surface area contributed by atoms with Crippen LogP contribution in [0, 0.1) is 5.92 Å². The van der Waals surface area contributed by atoms with E-state index in [9.17, 15) is 0 Å². The Morgan fingerprint density at radius 2 is 1.94 bits per heavy atom. The van der Waals surface area contributed by atoms with Crippen LogP contribution >= 0.6 is 0 Å². The number of unbranched alkanes of at least 4 members (excludes halogenated alkanes) is 2. The van der Waals surface area contributed by atoms with Crippen molar-refractivity contribution in [1.82, 2.24) is 5.32 Å². The summed E-state index contributed by atoms with van der Waals surface area (Å²) in [6, 6.07) is 0.707. The van der Waals surface area contributed by atoms with Crippen molar-refractivity contribution in [2.45, 2.75) is 71.3 Å². The second-order valence-corrected chi connectivity index (χ2v) is 5.55. The second-order valence-electron chi connectivity index (χ2n) is 5.55. The third kappa shape index (κ3) is 7.77. The van der Waals surface area contributed by atoms with Gasteiger partial charge in [0.15, 0.2) is 0 Å². The predicted octanol–water partition coefficient (Wildman–Crippen LogP) is 3.75. The Labute approximate surface area is 108 Å². The van der Waals surface area contributed by atoms with Gasteiger partial charge in [-0.3, -0.25) is 0 Å². The zero-order chi connectivity index (χ0) is 12.3. The molecule has 1 heterocycles. The summed E-state index contributed by atoms with van der Waals surface area (Å²) < 4.78 is 5.38. The maximum atomic E-state index is 5.38. The minimum absolute atomic E-state index is 0.707. The lowest BCUT2D eigenvalue weighted by Crippen LogP contribution is -2.27. The molecule has 0 saturated carbocycles. The minimum atomic E-state index is 0.707. The molecule has 0 radical (unpaired) electrons. The van der Waals surface area contributed by atoms with Gasteiger partial charge in [-0.25, -0.2) is 0 Å². The van der Waals surface area contributed by atoms with Crippen LogP contribution in [0.1, 0.15) is 65.2 Å². The van der Waals surface area contributed by atoms with Crippen LogP contribution in [0.25, 0.3) is 0 Å². The van der Waals surface area contributed by atoms with E-state index in [2.05, 4.69) is 19.2 Å². The predicted molar refractivity (Wildman–Crippen MR) is 74.4 cm³/mol. The molecule has 0 aliphatic carbocycles. The largest absolute Gasteiger partial charge is 0.381 e. The molecule has 0 amide bonds. The third-order valence-electron chi connectivity index (χ3n) is 3.86. The maximum absolute atomic E-state index is 5.38. The fraction of sp³-hybridized carbons (Fsp3) is 1.00. The molecule has 102 valence electrons. The van der Waals surface area contributed by atoms with Crippen LogP contribution in [0.4, 0.5) is 0 Å². The molecule has 1 fully saturated rings. The highest BCUT2D eigenvalue weighted by Crippen LogP contribution is 2.20. The van der Waals surface area contributed by atoms with Gasteiger partial charge >= 0.3 is 0 Å². The third-order valence-corrected chi connectivity index (χ3v) is 3.86. The molecule has 0 spiro atoms. The van der Waals surface area contributed by atoms with Crippen molar-refractivity contribution in [3.05, 3.63) is 0 Å². The van der Waals surface area contributed by atoms with Crippen LogP contribution in [0.2, 0.25) is 0 Å². The molecule has 1 N–H and O–H groups in total. The zero-order valence-corrected chi connectivity index (χ0v) is 11.8. The first-order valence-electron chi connectivity index (χ1n) is 7.64. The van der Waals surface area contributed by atoms with Crippen molar-refractivity contribution >= 4 is 0 Å².